The average Bonchev–Trinajstić information content (AvgIpc) is 3.11. The Kier molecular flexibility index (Phi) is 47.1. The molecule has 0 saturated heterocycles. The minimum absolute atomic E-state index is 0.522. The van der Waals surface area contributed by atoms with Gasteiger partial charge in [-0.15, -0.1) is 0 Å². The molecule has 0 saturated carbocycles. The Balaban J connectivity index is 3.04. The molecule has 0 fully saturated rings. The minimum atomic E-state index is 0.522. The lowest BCUT2D eigenvalue weighted by Gasteiger charge is -2.09. The van der Waals surface area contributed by atoms with E-state index in [0.717, 1.165) is 26.1 Å². The van der Waals surface area contributed by atoms with Gasteiger partial charge in [-0.05, 0) is 12.8 Å². The van der Waals surface area contributed by atoms with Gasteiger partial charge in [0.2, 0.25) is 0 Å². The fourth-order valence-corrected chi connectivity index (χ4v) is 4.31. The van der Waals surface area contributed by atoms with Crippen molar-refractivity contribution in [2.45, 2.75) is 84.5 Å². The molecule has 0 atom stereocenters. The van der Waals surface area contributed by atoms with Gasteiger partial charge in [0.25, 0.3) is 0 Å². The van der Waals surface area contributed by atoms with E-state index in [1.807, 2.05) is 0 Å². The van der Waals surface area contributed by atoms with E-state index >= 15 is 0 Å². The molecule has 12 heteroatoms. The smallest absolute Gasteiger partial charge is 0.0701 e. The Bertz CT molecular complexity index is 515. The fourth-order valence-electron chi connectivity index (χ4n) is 4.31. The topological polar surface area (TPSA) is 111 Å². The molecule has 12 nitrogen and oxygen atoms in total. The van der Waals surface area contributed by atoms with E-state index in [4.69, 9.17) is 56.8 Å². The van der Waals surface area contributed by atoms with Gasteiger partial charge in [0.1, 0.15) is 0 Å². The largest absolute Gasteiger partial charge is 0.379 e. The lowest BCUT2D eigenvalue weighted by molar-refractivity contribution is -0.0284. The van der Waals surface area contributed by atoms with Crippen LogP contribution < -0.4 is 0 Å². The molecule has 0 unspecified atom stereocenters. The predicted octanol–water partition coefficient (Wildman–Crippen LogP) is 5.52. The highest BCUT2D eigenvalue weighted by Crippen LogP contribution is 2.08. The molecule has 0 aromatic rings. The van der Waals surface area contributed by atoms with Crippen LogP contribution in [0.4, 0.5) is 0 Å². The number of unbranched alkanes of at least 4 members (excludes halogenated alkanes) is 9. The molecule has 0 N–H and O–H groups in total. The van der Waals surface area contributed by atoms with Crippen LogP contribution in [0.5, 0.6) is 0 Å². The number of hydrogen-bond donors (Lipinski definition) is 0. The van der Waals surface area contributed by atoms with E-state index in [0.29, 0.717) is 145 Å². The van der Waals surface area contributed by atoms with E-state index in [9.17, 15) is 0 Å². The highest BCUT2D eigenvalue weighted by molar-refractivity contribution is 4.46. The summed E-state index contributed by atoms with van der Waals surface area (Å²) in [5.41, 5.74) is 0. The lowest BCUT2D eigenvalue weighted by atomic mass is 10.1. The van der Waals surface area contributed by atoms with E-state index in [2.05, 4.69) is 13.8 Å². The normalized spacial score (nSPS) is 11.6. The first-order valence-corrected chi connectivity index (χ1v) is 19.3. The summed E-state index contributed by atoms with van der Waals surface area (Å²) in [6.45, 7) is 18.3. The third-order valence-electron chi connectivity index (χ3n) is 7.13. The maximum absolute atomic E-state index is 5.63. The zero-order valence-electron chi connectivity index (χ0n) is 31.6. The van der Waals surface area contributed by atoms with Crippen molar-refractivity contribution in [2.75, 3.05) is 159 Å². The highest BCUT2D eigenvalue weighted by atomic mass is 16.6. The van der Waals surface area contributed by atoms with Crippen LogP contribution in [0.3, 0.4) is 0 Å². The summed E-state index contributed by atoms with van der Waals surface area (Å²) in [6.07, 6.45) is 14.1. The SMILES string of the molecule is CCCCCCCCCCOCCOCCOCCOCCOCCOCCOCCOCCOCCOCCOCCOCCCCC. The van der Waals surface area contributed by atoms with Gasteiger partial charge in [-0.2, -0.15) is 0 Å². The van der Waals surface area contributed by atoms with Gasteiger partial charge in [-0.3, -0.25) is 0 Å². The second-order valence-corrected chi connectivity index (χ2v) is 11.5. The number of ether oxygens (including phenoxy) is 12. The van der Waals surface area contributed by atoms with Gasteiger partial charge in [-0.25, -0.2) is 0 Å². The summed E-state index contributed by atoms with van der Waals surface area (Å²) in [6, 6.07) is 0. The molecule has 0 aliphatic heterocycles. The number of hydrogen-bond acceptors (Lipinski definition) is 12. The summed E-state index contributed by atoms with van der Waals surface area (Å²) in [7, 11) is 0. The number of rotatable bonds is 46. The van der Waals surface area contributed by atoms with E-state index in [-0.39, 0.29) is 0 Å². The third kappa shape index (κ3) is 47.5. The van der Waals surface area contributed by atoms with Crippen LogP contribution >= 0.6 is 0 Å². The fraction of sp³-hybridized carbons (Fsp3) is 1.00. The Morgan fingerprint density at radius 1 is 0.163 bits per heavy atom. The molecule has 49 heavy (non-hydrogen) atoms. The van der Waals surface area contributed by atoms with Crippen molar-refractivity contribution in [2.24, 2.45) is 0 Å². The van der Waals surface area contributed by atoms with E-state index < -0.39 is 0 Å². The Morgan fingerprint density at radius 2 is 0.306 bits per heavy atom. The highest BCUT2D eigenvalue weighted by Gasteiger charge is 1.97. The van der Waals surface area contributed by atoms with E-state index in [1.54, 1.807) is 0 Å². The van der Waals surface area contributed by atoms with Crippen molar-refractivity contribution in [1.82, 2.24) is 0 Å². The molecule has 0 amide bonds. The van der Waals surface area contributed by atoms with Crippen LogP contribution in [-0.2, 0) is 56.8 Å². The van der Waals surface area contributed by atoms with Gasteiger partial charge in [0, 0.05) is 13.2 Å². The second-order valence-electron chi connectivity index (χ2n) is 11.5. The van der Waals surface area contributed by atoms with Crippen molar-refractivity contribution in [1.29, 1.82) is 0 Å². The quantitative estimate of drug-likeness (QED) is 0.0742. The summed E-state index contributed by atoms with van der Waals surface area (Å²) in [4.78, 5) is 0. The maximum Gasteiger partial charge on any atom is 0.0701 e. The van der Waals surface area contributed by atoms with Crippen molar-refractivity contribution in [3.63, 3.8) is 0 Å². The van der Waals surface area contributed by atoms with Crippen molar-refractivity contribution >= 4 is 0 Å². The van der Waals surface area contributed by atoms with Crippen molar-refractivity contribution in [3.05, 3.63) is 0 Å². The third-order valence-corrected chi connectivity index (χ3v) is 7.13. The molecule has 0 aliphatic rings. The summed E-state index contributed by atoms with van der Waals surface area (Å²) in [5, 5.41) is 0. The molecule has 296 valence electrons. The van der Waals surface area contributed by atoms with Gasteiger partial charge >= 0.3 is 0 Å². The van der Waals surface area contributed by atoms with Gasteiger partial charge in [-0.1, -0.05) is 71.6 Å². The minimum Gasteiger partial charge on any atom is -0.379 e. The standard InChI is InChI=1S/C37H76O12/c1-3-5-7-8-9-10-11-13-15-39-17-19-41-21-23-43-25-27-45-29-31-47-33-35-49-37-36-48-34-32-46-30-28-44-26-24-42-22-20-40-18-16-38-14-12-6-4-2/h3-37H2,1-2H3. The summed E-state index contributed by atoms with van der Waals surface area (Å²) < 4.78 is 66.1. The van der Waals surface area contributed by atoms with Crippen LogP contribution in [0.2, 0.25) is 0 Å². The van der Waals surface area contributed by atoms with Crippen molar-refractivity contribution < 1.29 is 56.8 Å². The van der Waals surface area contributed by atoms with Crippen LogP contribution in [-0.4, -0.2) is 159 Å². The van der Waals surface area contributed by atoms with Crippen LogP contribution in [0.15, 0.2) is 0 Å². The van der Waals surface area contributed by atoms with Crippen LogP contribution in [0, 0.1) is 0 Å². The second kappa shape index (κ2) is 47.5. The van der Waals surface area contributed by atoms with Crippen molar-refractivity contribution in [3.8, 4) is 0 Å². The van der Waals surface area contributed by atoms with E-state index in [1.165, 1.54) is 57.8 Å². The molecule has 0 aliphatic carbocycles. The Morgan fingerprint density at radius 3 is 0.531 bits per heavy atom. The predicted molar refractivity (Wildman–Crippen MR) is 192 cm³/mol. The maximum atomic E-state index is 5.63. The monoisotopic (exact) mass is 713 g/mol. The van der Waals surface area contributed by atoms with Gasteiger partial charge < -0.3 is 56.8 Å². The zero-order chi connectivity index (χ0) is 35.2. The zero-order valence-corrected chi connectivity index (χ0v) is 31.6. The molecule has 0 bridgehead atoms. The first-order valence-electron chi connectivity index (χ1n) is 19.3. The van der Waals surface area contributed by atoms with Gasteiger partial charge in [0.15, 0.2) is 0 Å². The summed E-state index contributed by atoms with van der Waals surface area (Å²) >= 11 is 0. The van der Waals surface area contributed by atoms with Crippen LogP contribution in [0.1, 0.15) is 84.5 Å². The molecule has 0 aromatic heterocycles. The molecule has 0 radical (unpaired) electrons. The molecule has 0 heterocycles. The lowest BCUT2D eigenvalue weighted by Crippen LogP contribution is -2.15. The summed E-state index contributed by atoms with van der Waals surface area (Å²) in [5.74, 6) is 0. The van der Waals surface area contributed by atoms with Gasteiger partial charge in [0.05, 0.1) is 145 Å². The molecular formula is C37H76O12. The Hall–Kier alpha value is -0.480. The first kappa shape index (κ1) is 48.5. The molecule has 0 spiro atoms. The Labute approximate surface area is 299 Å². The van der Waals surface area contributed by atoms with Crippen LogP contribution in [0.25, 0.3) is 0 Å². The first-order chi connectivity index (χ1) is 24.4. The molecule has 0 aromatic carbocycles. The average molecular weight is 713 g/mol. The molecule has 0 rings (SSSR count). The molecular weight excluding hydrogens is 636 g/mol.